The van der Waals surface area contributed by atoms with Gasteiger partial charge in [0.15, 0.2) is 9.34 Å². The highest BCUT2D eigenvalue weighted by Crippen LogP contribution is 2.30. The molecule has 1 heterocycles. The number of halogens is 1. The van der Waals surface area contributed by atoms with E-state index in [1.165, 1.54) is 25.7 Å². The number of rotatable bonds is 4. The molecule has 2 rings (SSSR count). The number of nitrogens with one attached hydrogen (secondary N) is 1. The van der Waals surface area contributed by atoms with Gasteiger partial charge in [-0.3, -0.25) is 4.79 Å². The first kappa shape index (κ1) is 16.7. The summed E-state index contributed by atoms with van der Waals surface area (Å²) in [6.45, 7) is 1.56. The first-order valence-corrected chi connectivity index (χ1v) is 10.2. The highest BCUT2D eigenvalue weighted by atomic mass is 35.7. The molecule has 1 aromatic rings. The van der Waals surface area contributed by atoms with Crippen molar-refractivity contribution >= 4 is 42.1 Å². The van der Waals surface area contributed by atoms with Crippen LogP contribution < -0.4 is 5.32 Å². The summed E-state index contributed by atoms with van der Waals surface area (Å²) < 4.78 is 22.7. The van der Waals surface area contributed by atoms with E-state index in [1.807, 2.05) is 0 Å². The number of thiazole rings is 1. The Morgan fingerprint density at radius 1 is 1.33 bits per heavy atom. The standard InChI is InChI=1S/C13H19ClN2O3S2/c1-9-12(21(14,18)19)20-13(15-9)16-11(17)8-10-6-4-2-3-5-7-10/h10H,2-8H2,1H3,(H,15,16,17). The van der Waals surface area contributed by atoms with Gasteiger partial charge in [0, 0.05) is 17.1 Å². The maximum Gasteiger partial charge on any atom is 0.272 e. The SMILES string of the molecule is Cc1nc(NC(=O)CC2CCCCCC2)sc1S(=O)(=O)Cl. The Morgan fingerprint density at radius 2 is 1.95 bits per heavy atom. The molecule has 0 aliphatic heterocycles. The summed E-state index contributed by atoms with van der Waals surface area (Å²) in [5.74, 6) is 0.318. The van der Waals surface area contributed by atoms with Crippen LogP contribution in [0.2, 0.25) is 0 Å². The minimum absolute atomic E-state index is 0.00562. The molecule has 0 radical (unpaired) electrons. The van der Waals surface area contributed by atoms with Gasteiger partial charge in [-0.15, -0.1) is 0 Å². The van der Waals surface area contributed by atoms with Crippen LogP contribution in [0.5, 0.6) is 0 Å². The van der Waals surface area contributed by atoms with Gasteiger partial charge in [-0.05, 0) is 25.7 Å². The number of hydrogen-bond acceptors (Lipinski definition) is 5. The fraction of sp³-hybridized carbons (Fsp3) is 0.692. The zero-order chi connectivity index (χ0) is 15.5. The zero-order valence-corrected chi connectivity index (χ0v) is 14.3. The van der Waals surface area contributed by atoms with Crippen LogP contribution in [-0.2, 0) is 13.8 Å². The summed E-state index contributed by atoms with van der Waals surface area (Å²) in [6.07, 6.45) is 7.52. The number of carbonyl (C=O) groups excluding carboxylic acids is 1. The molecule has 5 nitrogen and oxygen atoms in total. The summed E-state index contributed by atoms with van der Waals surface area (Å²) in [5.41, 5.74) is 0.319. The van der Waals surface area contributed by atoms with E-state index in [-0.39, 0.29) is 10.1 Å². The molecule has 1 aromatic heterocycles. The van der Waals surface area contributed by atoms with Crippen molar-refractivity contribution in [3.05, 3.63) is 5.69 Å². The van der Waals surface area contributed by atoms with Crippen LogP contribution in [-0.4, -0.2) is 19.3 Å². The third-order valence-electron chi connectivity index (χ3n) is 3.67. The second kappa shape index (κ2) is 7.07. The van der Waals surface area contributed by atoms with Crippen molar-refractivity contribution in [1.29, 1.82) is 0 Å². The molecular formula is C13H19ClN2O3S2. The lowest BCUT2D eigenvalue weighted by atomic mass is 9.96. The van der Waals surface area contributed by atoms with Crippen molar-refractivity contribution in [3.63, 3.8) is 0 Å². The topological polar surface area (TPSA) is 76.1 Å². The third-order valence-corrected chi connectivity index (χ3v) is 6.92. The smallest absolute Gasteiger partial charge is 0.272 e. The van der Waals surface area contributed by atoms with E-state index in [0.717, 1.165) is 24.2 Å². The molecule has 0 atom stereocenters. The van der Waals surface area contributed by atoms with Crippen LogP contribution in [0.4, 0.5) is 5.13 Å². The molecule has 0 unspecified atom stereocenters. The Morgan fingerprint density at radius 3 is 2.48 bits per heavy atom. The molecule has 0 aromatic carbocycles. The molecule has 1 N–H and O–H groups in total. The monoisotopic (exact) mass is 350 g/mol. The van der Waals surface area contributed by atoms with E-state index in [1.54, 1.807) is 6.92 Å². The zero-order valence-electron chi connectivity index (χ0n) is 11.9. The maximum atomic E-state index is 12.0. The van der Waals surface area contributed by atoms with Gasteiger partial charge in [-0.1, -0.05) is 37.0 Å². The van der Waals surface area contributed by atoms with Gasteiger partial charge in [0.2, 0.25) is 5.91 Å². The first-order chi connectivity index (χ1) is 9.86. The van der Waals surface area contributed by atoms with Gasteiger partial charge < -0.3 is 5.32 Å². The Balaban J connectivity index is 1.96. The number of aromatic nitrogens is 1. The molecule has 1 fully saturated rings. The molecule has 118 valence electrons. The van der Waals surface area contributed by atoms with E-state index in [4.69, 9.17) is 10.7 Å². The van der Waals surface area contributed by atoms with Crippen LogP contribution in [0.1, 0.15) is 50.6 Å². The van der Waals surface area contributed by atoms with Gasteiger partial charge >= 0.3 is 0 Å². The summed E-state index contributed by atoms with van der Waals surface area (Å²) in [7, 11) is 1.51. The number of aryl methyl sites for hydroxylation is 1. The predicted octanol–water partition coefficient (Wildman–Crippen LogP) is 3.68. The normalized spacial score (nSPS) is 17.4. The van der Waals surface area contributed by atoms with Gasteiger partial charge in [0.25, 0.3) is 9.05 Å². The molecule has 1 aliphatic rings. The molecule has 0 saturated heterocycles. The summed E-state index contributed by atoms with van der Waals surface area (Å²) in [5, 5.41) is 2.98. The van der Waals surface area contributed by atoms with Crippen LogP contribution >= 0.6 is 22.0 Å². The van der Waals surface area contributed by atoms with E-state index in [2.05, 4.69) is 10.3 Å². The van der Waals surface area contributed by atoms with Gasteiger partial charge in [-0.25, -0.2) is 13.4 Å². The molecule has 1 amide bonds. The molecule has 21 heavy (non-hydrogen) atoms. The van der Waals surface area contributed by atoms with E-state index in [0.29, 0.717) is 23.2 Å². The molecule has 8 heteroatoms. The van der Waals surface area contributed by atoms with E-state index >= 15 is 0 Å². The van der Waals surface area contributed by atoms with Crippen LogP contribution in [0.3, 0.4) is 0 Å². The lowest BCUT2D eigenvalue weighted by Gasteiger charge is -2.12. The maximum absolute atomic E-state index is 12.0. The van der Waals surface area contributed by atoms with E-state index in [9.17, 15) is 13.2 Å². The molecule has 0 spiro atoms. The number of anilines is 1. The summed E-state index contributed by atoms with van der Waals surface area (Å²) in [6, 6.07) is 0. The average Bonchev–Trinajstić information content (AvgIpc) is 2.59. The molecule has 1 aliphatic carbocycles. The van der Waals surface area contributed by atoms with Crippen LogP contribution in [0.15, 0.2) is 4.21 Å². The largest absolute Gasteiger partial charge is 0.302 e. The third kappa shape index (κ3) is 4.93. The van der Waals surface area contributed by atoms with Gasteiger partial charge in [0.1, 0.15) is 0 Å². The lowest BCUT2D eigenvalue weighted by Crippen LogP contribution is -2.16. The van der Waals surface area contributed by atoms with Gasteiger partial charge in [0.05, 0.1) is 5.69 Å². The minimum atomic E-state index is -3.80. The summed E-state index contributed by atoms with van der Waals surface area (Å²) in [4.78, 5) is 16.1. The quantitative estimate of drug-likeness (QED) is 0.663. The lowest BCUT2D eigenvalue weighted by molar-refractivity contribution is -0.117. The summed E-state index contributed by atoms with van der Waals surface area (Å²) >= 11 is 0.898. The molecular weight excluding hydrogens is 332 g/mol. The second-order valence-electron chi connectivity index (χ2n) is 5.44. The Labute approximate surface area is 133 Å². The molecule has 0 bridgehead atoms. The average molecular weight is 351 g/mol. The fourth-order valence-electron chi connectivity index (χ4n) is 2.66. The highest BCUT2D eigenvalue weighted by Gasteiger charge is 2.21. The number of nitrogens with zero attached hydrogens (tertiary/aromatic N) is 1. The second-order valence-corrected chi connectivity index (χ2v) is 9.20. The fourth-order valence-corrected chi connectivity index (χ4v) is 5.03. The van der Waals surface area contributed by atoms with Crippen molar-refractivity contribution in [2.75, 3.05) is 5.32 Å². The van der Waals surface area contributed by atoms with Crippen molar-refractivity contribution in [3.8, 4) is 0 Å². The predicted molar refractivity (Wildman–Crippen MR) is 84.3 cm³/mol. The first-order valence-electron chi connectivity index (χ1n) is 7.08. The number of carbonyl (C=O) groups is 1. The van der Waals surface area contributed by atoms with Crippen molar-refractivity contribution in [2.24, 2.45) is 5.92 Å². The van der Waals surface area contributed by atoms with Crippen molar-refractivity contribution in [1.82, 2.24) is 4.98 Å². The van der Waals surface area contributed by atoms with Crippen LogP contribution in [0, 0.1) is 12.8 Å². The molecule has 1 saturated carbocycles. The Kier molecular flexibility index (Phi) is 5.62. The van der Waals surface area contributed by atoms with Crippen LogP contribution in [0.25, 0.3) is 0 Å². The van der Waals surface area contributed by atoms with Gasteiger partial charge in [-0.2, -0.15) is 0 Å². The Hall–Kier alpha value is -0.660. The minimum Gasteiger partial charge on any atom is -0.302 e. The highest BCUT2D eigenvalue weighted by molar-refractivity contribution is 8.15. The van der Waals surface area contributed by atoms with Crippen molar-refractivity contribution < 1.29 is 13.2 Å². The Bertz CT molecular complexity index is 605. The van der Waals surface area contributed by atoms with Crippen molar-refractivity contribution in [2.45, 2.75) is 56.1 Å². The number of hydrogen-bond donors (Lipinski definition) is 1. The number of amides is 1. The van der Waals surface area contributed by atoms with E-state index < -0.39 is 9.05 Å².